The van der Waals surface area contributed by atoms with Gasteiger partial charge in [0.1, 0.15) is 5.75 Å². The zero-order chi connectivity index (χ0) is 15.3. The lowest BCUT2D eigenvalue weighted by molar-refractivity contribution is -0.0895. The molecule has 1 N–H and O–H groups in total. The molecule has 0 spiro atoms. The summed E-state index contributed by atoms with van der Waals surface area (Å²) in [7, 11) is 0. The van der Waals surface area contributed by atoms with Crippen molar-refractivity contribution >= 4 is 0 Å². The van der Waals surface area contributed by atoms with E-state index in [1.54, 1.807) is 0 Å². The van der Waals surface area contributed by atoms with Crippen LogP contribution in [-0.2, 0) is 4.74 Å². The van der Waals surface area contributed by atoms with Crippen molar-refractivity contribution in [1.29, 1.82) is 0 Å². The van der Waals surface area contributed by atoms with Crippen molar-refractivity contribution in [3.63, 3.8) is 0 Å². The molecule has 0 bridgehead atoms. The molecule has 1 fully saturated rings. The average molecular weight is 291 g/mol. The van der Waals surface area contributed by atoms with Crippen LogP contribution < -0.4 is 10.1 Å². The molecule has 0 radical (unpaired) electrons. The number of hydrogen-bond donors (Lipinski definition) is 1. The van der Waals surface area contributed by atoms with E-state index in [1.165, 1.54) is 18.4 Å². The van der Waals surface area contributed by atoms with Gasteiger partial charge in [-0.3, -0.25) is 0 Å². The Balaban J connectivity index is 2.17. The van der Waals surface area contributed by atoms with Crippen molar-refractivity contribution in [1.82, 2.24) is 5.32 Å². The minimum Gasteiger partial charge on any atom is -0.491 e. The molecule has 0 saturated carbocycles. The Bertz CT molecular complexity index is 421. The molecule has 1 heterocycles. The molecule has 3 heteroatoms. The van der Waals surface area contributed by atoms with Crippen molar-refractivity contribution < 1.29 is 9.47 Å². The third kappa shape index (κ3) is 4.21. The van der Waals surface area contributed by atoms with Gasteiger partial charge in [0.15, 0.2) is 0 Å². The molecule has 0 aromatic heterocycles. The fraction of sp³-hybridized carbons (Fsp3) is 0.667. The maximum atomic E-state index is 6.14. The molecule has 1 saturated heterocycles. The Morgan fingerprint density at radius 3 is 2.48 bits per heavy atom. The SMILES string of the molecule is CCNC(c1ccc(OC(C)C)cc1)C1(C)CCCCO1. The maximum Gasteiger partial charge on any atom is 0.119 e. The van der Waals surface area contributed by atoms with Crippen LogP contribution in [0.5, 0.6) is 5.75 Å². The highest BCUT2D eigenvalue weighted by Gasteiger charge is 2.37. The van der Waals surface area contributed by atoms with Crippen molar-refractivity contribution in [3.05, 3.63) is 29.8 Å². The number of nitrogens with one attached hydrogen (secondary N) is 1. The lowest BCUT2D eigenvalue weighted by Crippen LogP contribution is -2.45. The van der Waals surface area contributed by atoms with Crippen LogP contribution in [0.4, 0.5) is 0 Å². The molecule has 2 atom stereocenters. The summed E-state index contributed by atoms with van der Waals surface area (Å²) in [6, 6.07) is 8.68. The largest absolute Gasteiger partial charge is 0.491 e. The lowest BCUT2D eigenvalue weighted by Gasteiger charge is -2.41. The Morgan fingerprint density at radius 2 is 1.95 bits per heavy atom. The second-order valence-electron chi connectivity index (χ2n) is 6.34. The summed E-state index contributed by atoms with van der Waals surface area (Å²) in [5.74, 6) is 0.929. The quantitative estimate of drug-likeness (QED) is 0.856. The fourth-order valence-corrected chi connectivity index (χ4v) is 3.08. The van der Waals surface area contributed by atoms with Crippen molar-refractivity contribution in [2.24, 2.45) is 0 Å². The van der Waals surface area contributed by atoms with Gasteiger partial charge in [0.25, 0.3) is 0 Å². The molecule has 2 rings (SSSR count). The summed E-state index contributed by atoms with van der Waals surface area (Å²) in [6.45, 7) is 10.3. The summed E-state index contributed by atoms with van der Waals surface area (Å²) >= 11 is 0. The first-order valence-corrected chi connectivity index (χ1v) is 8.19. The third-order valence-electron chi connectivity index (χ3n) is 4.10. The number of benzene rings is 1. The summed E-state index contributed by atoms with van der Waals surface area (Å²) in [5, 5.41) is 3.60. The number of ether oxygens (including phenoxy) is 2. The average Bonchev–Trinajstić information content (AvgIpc) is 2.46. The van der Waals surface area contributed by atoms with Crippen LogP contribution >= 0.6 is 0 Å². The normalized spacial score (nSPS) is 24.0. The topological polar surface area (TPSA) is 30.5 Å². The molecule has 1 aliphatic heterocycles. The van der Waals surface area contributed by atoms with Gasteiger partial charge in [-0.25, -0.2) is 0 Å². The molecule has 2 unspecified atom stereocenters. The molecule has 21 heavy (non-hydrogen) atoms. The molecule has 3 nitrogen and oxygen atoms in total. The number of rotatable bonds is 6. The van der Waals surface area contributed by atoms with Gasteiger partial charge in [0.2, 0.25) is 0 Å². The molecule has 118 valence electrons. The maximum absolute atomic E-state index is 6.14. The van der Waals surface area contributed by atoms with Gasteiger partial charge < -0.3 is 14.8 Å². The van der Waals surface area contributed by atoms with E-state index in [9.17, 15) is 0 Å². The molecule has 1 aromatic rings. The first kappa shape index (κ1) is 16.3. The third-order valence-corrected chi connectivity index (χ3v) is 4.10. The molecule has 0 amide bonds. The minimum absolute atomic E-state index is 0.116. The van der Waals surface area contributed by atoms with Crippen molar-refractivity contribution in [3.8, 4) is 5.75 Å². The molecular weight excluding hydrogens is 262 g/mol. The second-order valence-corrected chi connectivity index (χ2v) is 6.34. The molecule has 1 aromatic carbocycles. The smallest absolute Gasteiger partial charge is 0.119 e. The highest BCUT2D eigenvalue weighted by atomic mass is 16.5. The zero-order valence-corrected chi connectivity index (χ0v) is 13.8. The number of likely N-dealkylation sites (N-methyl/N-ethyl adjacent to an activating group) is 1. The standard InChI is InChI=1S/C18H29NO2/c1-5-19-17(18(4)12-6-7-13-20-18)15-8-10-16(11-9-15)21-14(2)3/h8-11,14,17,19H,5-7,12-13H2,1-4H3. The van der Waals surface area contributed by atoms with Gasteiger partial charge in [-0.15, -0.1) is 0 Å². The zero-order valence-electron chi connectivity index (χ0n) is 13.8. The van der Waals surface area contributed by atoms with E-state index in [0.717, 1.165) is 25.3 Å². The molecule has 0 aliphatic carbocycles. The Hall–Kier alpha value is -1.06. The highest BCUT2D eigenvalue weighted by molar-refractivity contribution is 5.31. The van der Waals surface area contributed by atoms with E-state index in [4.69, 9.17) is 9.47 Å². The van der Waals surface area contributed by atoms with Crippen LogP contribution in [0.2, 0.25) is 0 Å². The Labute approximate surface area is 129 Å². The summed E-state index contributed by atoms with van der Waals surface area (Å²) in [6.07, 6.45) is 3.73. The second kappa shape index (κ2) is 7.28. The summed E-state index contributed by atoms with van der Waals surface area (Å²) < 4.78 is 11.9. The van der Waals surface area contributed by atoms with Gasteiger partial charge in [-0.05, 0) is 64.3 Å². The van der Waals surface area contributed by atoms with Crippen LogP contribution in [0.3, 0.4) is 0 Å². The van der Waals surface area contributed by atoms with Gasteiger partial charge in [0, 0.05) is 6.61 Å². The van der Waals surface area contributed by atoms with E-state index in [1.807, 2.05) is 13.8 Å². The van der Waals surface area contributed by atoms with Crippen LogP contribution in [0.15, 0.2) is 24.3 Å². The Morgan fingerprint density at radius 1 is 1.24 bits per heavy atom. The molecule has 1 aliphatic rings. The van der Waals surface area contributed by atoms with E-state index < -0.39 is 0 Å². The van der Waals surface area contributed by atoms with Crippen LogP contribution in [-0.4, -0.2) is 24.9 Å². The molecular formula is C18H29NO2. The predicted molar refractivity (Wildman–Crippen MR) is 86.8 cm³/mol. The van der Waals surface area contributed by atoms with E-state index in [2.05, 4.69) is 43.4 Å². The van der Waals surface area contributed by atoms with Gasteiger partial charge in [-0.1, -0.05) is 19.1 Å². The fourth-order valence-electron chi connectivity index (χ4n) is 3.08. The van der Waals surface area contributed by atoms with E-state index >= 15 is 0 Å². The van der Waals surface area contributed by atoms with Gasteiger partial charge in [0.05, 0.1) is 17.7 Å². The van der Waals surface area contributed by atoms with Gasteiger partial charge >= 0.3 is 0 Å². The Kier molecular flexibility index (Phi) is 5.65. The van der Waals surface area contributed by atoms with Crippen molar-refractivity contribution in [2.75, 3.05) is 13.2 Å². The van der Waals surface area contributed by atoms with Crippen molar-refractivity contribution in [2.45, 2.75) is 64.7 Å². The first-order valence-electron chi connectivity index (χ1n) is 8.19. The number of hydrogen-bond acceptors (Lipinski definition) is 3. The summed E-state index contributed by atoms with van der Waals surface area (Å²) in [5.41, 5.74) is 1.16. The van der Waals surface area contributed by atoms with Crippen LogP contribution in [0, 0.1) is 0 Å². The predicted octanol–water partition coefficient (Wildman–Crippen LogP) is 4.08. The van der Waals surface area contributed by atoms with Crippen LogP contribution in [0.1, 0.15) is 58.6 Å². The minimum atomic E-state index is -0.116. The lowest BCUT2D eigenvalue weighted by atomic mass is 9.84. The van der Waals surface area contributed by atoms with Gasteiger partial charge in [-0.2, -0.15) is 0 Å². The highest BCUT2D eigenvalue weighted by Crippen LogP contribution is 2.37. The summed E-state index contributed by atoms with van der Waals surface area (Å²) in [4.78, 5) is 0. The monoisotopic (exact) mass is 291 g/mol. The van der Waals surface area contributed by atoms with Crippen LogP contribution in [0.25, 0.3) is 0 Å². The van der Waals surface area contributed by atoms with E-state index in [0.29, 0.717) is 0 Å². The first-order chi connectivity index (χ1) is 10.0. The van der Waals surface area contributed by atoms with E-state index in [-0.39, 0.29) is 17.7 Å².